The average Bonchev–Trinajstić information content (AvgIpc) is 2.81. The molecular weight excluding hydrogens is 252 g/mol. The molecular formula is C16H18N2O2. The molecule has 1 aromatic heterocycles. The number of epoxide rings is 1. The van der Waals surface area contributed by atoms with E-state index in [1.807, 2.05) is 12.3 Å². The first-order chi connectivity index (χ1) is 9.67. The third-order valence-corrected chi connectivity index (χ3v) is 4.88. The lowest BCUT2D eigenvalue weighted by Crippen LogP contribution is -2.30. The molecule has 4 rings (SSSR count). The summed E-state index contributed by atoms with van der Waals surface area (Å²) in [6.07, 6.45) is 6.60. The Hall–Kier alpha value is -1.81. The molecule has 2 aromatic rings. The Kier molecular flexibility index (Phi) is 2.31. The molecule has 1 fully saturated rings. The summed E-state index contributed by atoms with van der Waals surface area (Å²) in [5.74, 6) is 0.925. The van der Waals surface area contributed by atoms with Gasteiger partial charge in [0, 0.05) is 18.3 Å². The van der Waals surface area contributed by atoms with Crippen LogP contribution in [0.5, 0.6) is 5.75 Å². The van der Waals surface area contributed by atoms with Crippen LogP contribution in [0.25, 0.3) is 0 Å². The van der Waals surface area contributed by atoms with Gasteiger partial charge in [-0.05, 0) is 43.0 Å². The number of aromatic nitrogens is 2. The Morgan fingerprint density at radius 3 is 3.10 bits per heavy atom. The molecule has 0 radical (unpaired) electrons. The van der Waals surface area contributed by atoms with Crippen LogP contribution in [-0.4, -0.2) is 22.7 Å². The first kappa shape index (κ1) is 12.0. The van der Waals surface area contributed by atoms with E-state index < -0.39 is 0 Å². The van der Waals surface area contributed by atoms with Crippen LogP contribution < -0.4 is 4.74 Å². The number of nitrogens with zero attached hydrogens (tertiary/aromatic N) is 1. The van der Waals surface area contributed by atoms with Gasteiger partial charge in [0.05, 0.1) is 13.4 Å². The number of hydrogen-bond donors (Lipinski definition) is 1. The van der Waals surface area contributed by atoms with E-state index in [1.165, 1.54) is 11.1 Å². The molecule has 1 N–H and O–H groups in total. The maximum Gasteiger partial charge on any atom is 0.121 e. The van der Waals surface area contributed by atoms with Gasteiger partial charge in [0.2, 0.25) is 0 Å². The molecule has 104 valence electrons. The number of methoxy groups -OCH3 is 1. The number of aromatic amines is 1. The van der Waals surface area contributed by atoms with Gasteiger partial charge in [-0.15, -0.1) is 0 Å². The minimum Gasteiger partial charge on any atom is -0.497 e. The highest BCUT2D eigenvalue weighted by Crippen LogP contribution is 2.62. The summed E-state index contributed by atoms with van der Waals surface area (Å²) in [6, 6.07) is 6.32. The van der Waals surface area contributed by atoms with E-state index in [1.54, 1.807) is 13.4 Å². The molecule has 4 heteroatoms. The smallest absolute Gasteiger partial charge is 0.121 e. The van der Waals surface area contributed by atoms with Crippen LogP contribution in [-0.2, 0) is 23.2 Å². The van der Waals surface area contributed by atoms with E-state index >= 15 is 0 Å². The van der Waals surface area contributed by atoms with Crippen LogP contribution >= 0.6 is 0 Å². The molecule has 1 aliphatic carbocycles. The molecule has 2 atom stereocenters. The second-order valence-corrected chi connectivity index (χ2v) is 5.91. The average molecular weight is 270 g/mol. The Labute approximate surface area is 118 Å². The Balaban J connectivity index is 1.69. The van der Waals surface area contributed by atoms with Crippen molar-refractivity contribution >= 4 is 0 Å². The number of H-pyrrole nitrogens is 1. The number of aryl methyl sites for hydroxylation is 1. The number of nitrogens with one attached hydrogen (secondary N) is 1. The van der Waals surface area contributed by atoms with Gasteiger partial charge in [0.1, 0.15) is 17.0 Å². The molecule has 1 saturated heterocycles. The SMILES string of the molecule is COc1ccc2c(c1)CCC1(Cc3cnc[nH]3)OC21C. The Bertz CT molecular complexity index is 653. The number of ether oxygens (including phenoxy) is 2. The second kappa shape index (κ2) is 3.85. The minimum absolute atomic E-state index is 0.0683. The predicted octanol–water partition coefficient (Wildman–Crippen LogP) is 2.59. The van der Waals surface area contributed by atoms with Crippen LogP contribution in [0.15, 0.2) is 30.7 Å². The number of benzene rings is 1. The maximum atomic E-state index is 6.24. The van der Waals surface area contributed by atoms with Gasteiger partial charge in [0.15, 0.2) is 0 Å². The van der Waals surface area contributed by atoms with Gasteiger partial charge < -0.3 is 14.5 Å². The Morgan fingerprint density at radius 2 is 2.35 bits per heavy atom. The zero-order valence-corrected chi connectivity index (χ0v) is 11.8. The monoisotopic (exact) mass is 270 g/mol. The number of rotatable bonds is 3. The van der Waals surface area contributed by atoms with Gasteiger partial charge in [-0.1, -0.05) is 6.07 Å². The molecule has 20 heavy (non-hydrogen) atoms. The third kappa shape index (κ3) is 1.48. The first-order valence-corrected chi connectivity index (χ1v) is 7.02. The first-order valence-electron chi connectivity index (χ1n) is 7.02. The number of fused-ring (bicyclic) bond motifs is 3. The van der Waals surface area contributed by atoms with Crippen LogP contribution in [0.2, 0.25) is 0 Å². The van der Waals surface area contributed by atoms with Crippen molar-refractivity contribution in [2.75, 3.05) is 7.11 Å². The topological polar surface area (TPSA) is 50.4 Å². The maximum absolute atomic E-state index is 6.24. The molecule has 1 aromatic carbocycles. The quantitative estimate of drug-likeness (QED) is 0.872. The number of hydrogen-bond acceptors (Lipinski definition) is 3. The van der Waals surface area contributed by atoms with Crippen molar-refractivity contribution in [3.05, 3.63) is 47.5 Å². The summed E-state index contributed by atoms with van der Waals surface area (Å²) in [5.41, 5.74) is 3.57. The van der Waals surface area contributed by atoms with Gasteiger partial charge in [-0.2, -0.15) is 0 Å². The molecule has 1 aliphatic heterocycles. The van der Waals surface area contributed by atoms with Crippen molar-refractivity contribution in [1.29, 1.82) is 0 Å². The summed E-state index contributed by atoms with van der Waals surface area (Å²) < 4.78 is 11.6. The summed E-state index contributed by atoms with van der Waals surface area (Å²) in [4.78, 5) is 7.28. The fraction of sp³-hybridized carbons (Fsp3) is 0.438. The largest absolute Gasteiger partial charge is 0.497 e. The summed E-state index contributed by atoms with van der Waals surface area (Å²) in [6.45, 7) is 2.20. The van der Waals surface area contributed by atoms with Gasteiger partial charge in [0.25, 0.3) is 0 Å². The molecule has 0 bridgehead atoms. The third-order valence-electron chi connectivity index (χ3n) is 4.88. The van der Waals surface area contributed by atoms with Crippen molar-refractivity contribution in [2.45, 2.75) is 37.4 Å². The van der Waals surface area contributed by atoms with Gasteiger partial charge >= 0.3 is 0 Å². The minimum atomic E-state index is -0.169. The highest BCUT2D eigenvalue weighted by Gasteiger charge is 2.69. The zero-order valence-electron chi connectivity index (χ0n) is 11.8. The van der Waals surface area contributed by atoms with E-state index in [0.29, 0.717) is 0 Å². The fourth-order valence-electron chi connectivity index (χ4n) is 3.64. The highest BCUT2D eigenvalue weighted by molar-refractivity contribution is 5.47. The van der Waals surface area contributed by atoms with E-state index in [0.717, 1.165) is 30.7 Å². The molecule has 2 aliphatic rings. The Morgan fingerprint density at radius 1 is 1.45 bits per heavy atom. The lowest BCUT2D eigenvalue weighted by Gasteiger charge is -2.25. The predicted molar refractivity (Wildman–Crippen MR) is 74.8 cm³/mol. The molecule has 2 unspecified atom stereocenters. The standard InChI is InChI=1S/C16H18N2O2/c1-15-14-4-3-13(19-2)7-11(14)5-6-16(15,20-15)8-12-9-17-10-18-12/h3-4,7,9-10H,5-6,8H2,1-2H3,(H,17,18). The van der Waals surface area contributed by atoms with E-state index in [-0.39, 0.29) is 11.2 Å². The highest BCUT2D eigenvalue weighted by atomic mass is 16.6. The van der Waals surface area contributed by atoms with Crippen molar-refractivity contribution in [3.8, 4) is 5.75 Å². The molecule has 4 nitrogen and oxygen atoms in total. The van der Waals surface area contributed by atoms with E-state index in [4.69, 9.17) is 9.47 Å². The second-order valence-electron chi connectivity index (χ2n) is 5.91. The van der Waals surface area contributed by atoms with Crippen molar-refractivity contribution in [1.82, 2.24) is 9.97 Å². The van der Waals surface area contributed by atoms with Crippen LogP contribution in [0.4, 0.5) is 0 Å². The van der Waals surface area contributed by atoms with Gasteiger partial charge in [-0.3, -0.25) is 0 Å². The molecule has 0 spiro atoms. The van der Waals surface area contributed by atoms with Gasteiger partial charge in [-0.25, -0.2) is 4.98 Å². The molecule has 0 amide bonds. The normalized spacial score (nSPS) is 30.5. The zero-order chi connectivity index (χ0) is 13.8. The van der Waals surface area contributed by atoms with E-state index in [2.05, 4.69) is 29.0 Å². The van der Waals surface area contributed by atoms with Crippen LogP contribution in [0.1, 0.15) is 30.2 Å². The summed E-state index contributed by atoms with van der Waals surface area (Å²) >= 11 is 0. The lowest BCUT2D eigenvalue weighted by molar-refractivity contribution is 0.264. The van der Waals surface area contributed by atoms with E-state index in [9.17, 15) is 0 Å². The van der Waals surface area contributed by atoms with Crippen LogP contribution in [0.3, 0.4) is 0 Å². The molecule has 0 saturated carbocycles. The molecule has 2 heterocycles. The van der Waals surface area contributed by atoms with Crippen molar-refractivity contribution in [2.24, 2.45) is 0 Å². The van der Waals surface area contributed by atoms with Crippen LogP contribution in [0, 0.1) is 0 Å². The fourth-order valence-corrected chi connectivity index (χ4v) is 3.64. The lowest BCUT2D eigenvalue weighted by atomic mass is 9.74. The number of imidazole rings is 1. The summed E-state index contributed by atoms with van der Waals surface area (Å²) in [5, 5.41) is 0. The summed E-state index contributed by atoms with van der Waals surface area (Å²) in [7, 11) is 1.71. The van der Waals surface area contributed by atoms with Crippen molar-refractivity contribution in [3.63, 3.8) is 0 Å². The van der Waals surface area contributed by atoms with Crippen molar-refractivity contribution < 1.29 is 9.47 Å².